The number of hydrogen-bond acceptors (Lipinski definition) is 2. The van der Waals surface area contributed by atoms with Crippen LogP contribution in [0.4, 0.5) is 14.1 Å². The molecule has 0 unspecified atom stereocenters. The number of thiol groups is 2. The van der Waals surface area contributed by atoms with Crippen LogP contribution in [-0.2, 0) is 0 Å². The van der Waals surface area contributed by atoms with E-state index in [9.17, 15) is 0 Å². The molecule has 0 atom stereocenters. The standard InChI is InChI=1S/2C2H6S.3FH/c2*1-2-3;;;/h2*3H,2H2,1H3;3*1H. The third kappa shape index (κ3) is 1490. The van der Waals surface area contributed by atoms with Crippen molar-refractivity contribution in [1.29, 1.82) is 0 Å². The van der Waals surface area contributed by atoms with Gasteiger partial charge in [-0.25, -0.2) is 0 Å². The summed E-state index contributed by atoms with van der Waals surface area (Å²) >= 11 is 7.58. The first-order valence-corrected chi connectivity index (χ1v) is 3.31. The van der Waals surface area contributed by atoms with Gasteiger partial charge < -0.3 is 0 Å². The van der Waals surface area contributed by atoms with Gasteiger partial charge in [-0.2, -0.15) is 25.3 Å². The van der Waals surface area contributed by atoms with Crippen LogP contribution in [0.3, 0.4) is 0 Å². The third-order valence-electron chi connectivity index (χ3n) is 0. The minimum atomic E-state index is 0. The largest absolute Gasteiger partial charge is 0.269 e. The molecule has 0 aromatic heterocycles. The maximum atomic E-state index is 3.79. The first-order valence-electron chi connectivity index (χ1n) is 2.05. The van der Waals surface area contributed by atoms with E-state index in [1.807, 2.05) is 13.8 Å². The highest BCUT2D eigenvalue weighted by molar-refractivity contribution is 7.80. The monoisotopic (exact) mass is 184 g/mol. The molecular formula is C4H15F3S2. The molecule has 0 fully saturated rings. The van der Waals surface area contributed by atoms with E-state index in [0.717, 1.165) is 11.5 Å². The van der Waals surface area contributed by atoms with Crippen LogP contribution >= 0.6 is 25.3 Å². The highest BCUT2D eigenvalue weighted by atomic mass is 32.1. The van der Waals surface area contributed by atoms with E-state index in [4.69, 9.17) is 0 Å². The molecular weight excluding hydrogens is 169 g/mol. The van der Waals surface area contributed by atoms with Crippen LogP contribution in [0.5, 0.6) is 0 Å². The Morgan fingerprint density at radius 2 is 0.778 bits per heavy atom. The lowest BCUT2D eigenvalue weighted by Gasteiger charge is -1.48. The average molecular weight is 184 g/mol. The van der Waals surface area contributed by atoms with Crippen LogP contribution < -0.4 is 0 Å². The van der Waals surface area contributed by atoms with E-state index in [1.165, 1.54) is 0 Å². The Hall–Kier alpha value is 0.490. The second-order valence-corrected chi connectivity index (χ2v) is 1.90. The first-order chi connectivity index (χ1) is 2.83. The zero-order chi connectivity index (χ0) is 5.41. The van der Waals surface area contributed by atoms with Gasteiger partial charge in [-0.3, -0.25) is 14.1 Å². The smallest absolute Gasteiger partial charge is 0.0126 e. The van der Waals surface area contributed by atoms with Gasteiger partial charge in [0.1, 0.15) is 0 Å². The molecule has 64 valence electrons. The Morgan fingerprint density at radius 1 is 0.778 bits per heavy atom. The molecule has 5 heteroatoms. The predicted octanol–water partition coefficient (Wildman–Crippen LogP) is 2.33. The Morgan fingerprint density at radius 3 is 0.778 bits per heavy atom. The SMILES string of the molecule is CCS.CCS.F.F.F. The normalized spacial score (nSPS) is 4.00. The summed E-state index contributed by atoms with van der Waals surface area (Å²) < 4.78 is 0. The second-order valence-electron chi connectivity index (χ2n) is 0.632. The van der Waals surface area contributed by atoms with Crippen molar-refractivity contribution in [2.45, 2.75) is 13.8 Å². The molecule has 0 aliphatic carbocycles. The van der Waals surface area contributed by atoms with Crippen molar-refractivity contribution < 1.29 is 14.1 Å². The second kappa shape index (κ2) is 76.8. The number of halogens is 3. The minimum Gasteiger partial charge on any atom is -0.269 e. The maximum absolute atomic E-state index is 3.79. The van der Waals surface area contributed by atoms with Gasteiger partial charge in [-0.1, -0.05) is 13.8 Å². The van der Waals surface area contributed by atoms with Crippen LogP contribution in [0, 0.1) is 0 Å². The van der Waals surface area contributed by atoms with Gasteiger partial charge in [0.25, 0.3) is 0 Å². The summed E-state index contributed by atoms with van der Waals surface area (Å²) in [4.78, 5) is 0. The molecule has 0 nitrogen and oxygen atoms in total. The molecule has 0 amide bonds. The summed E-state index contributed by atoms with van der Waals surface area (Å²) in [6.07, 6.45) is 0. The van der Waals surface area contributed by atoms with E-state index in [-0.39, 0.29) is 14.1 Å². The molecule has 0 saturated carbocycles. The predicted molar refractivity (Wildman–Crippen MR) is 46.6 cm³/mol. The minimum absolute atomic E-state index is 0. The Balaban J connectivity index is -0.00000000889. The fourth-order valence-corrected chi connectivity index (χ4v) is 0. The van der Waals surface area contributed by atoms with E-state index in [1.54, 1.807) is 0 Å². The highest BCUT2D eigenvalue weighted by Crippen LogP contribution is 1.58. The maximum Gasteiger partial charge on any atom is -0.0126 e. The fraction of sp³-hybridized carbons (Fsp3) is 1.00. The van der Waals surface area contributed by atoms with Crippen LogP contribution in [0.25, 0.3) is 0 Å². The zero-order valence-corrected chi connectivity index (χ0v) is 7.32. The van der Waals surface area contributed by atoms with E-state index in [0.29, 0.717) is 0 Å². The van der Waals surface area contributed by atoms with Crippen LogP contribution in [0.2, 0.25) is 0 Å². The average Bonchev–Trinajstić information content (AvgIpc) is 1.39. The van der Waals surface area contributed by atoms with Gasteiger partial charge in [0, 0.05) is 0 Å². The molecule has 0 rings (SSSR count). The van der Waals surface area contributed by atoms with Crippen molar-refractivity contribution in [3.8, 4) is 0 Å². The van der Waals surface area contributed by atoms with Crippen molar-refractivity contribution in [1.82, 2.24) is 0 Å². The van der Waals surface area contributed by atoms with Crippen molar-refractivity contribution >= 4 is 25.3 Å². The van der Waals surface area contributed by atoms with Gasteiger partial charge in [-0.05, 0) is 11.5 Å². The van der Waals surface area contributed by atoms with Crippen LogP contribution in [-0.4, -0.2) is 11.5 Å². The van der Waals surface area contributed by atoms with Crippen molar-refractivity contribution in [2.24, 2.45) is 0 Å². The summed E-state index contributed by atoms with van der Waals surface area (Å²) in [5.41, 5.74) is 0. The fourth-order valence-electron chi connectivity index (χ4n) is 0. The molecule has 0 aromatic carbocycles. The quantitative estimate of drug-likeness (QED) is 0.530. The molecule has 0 saturated heterocycles. The topological polar surface area (TPSA) is 0 Å². The summed E-state index contributed by atoms with van der Waals surface area (Å²) in [5.74, 6) is 1.89. The van der Waals surface area contributed by atoms with Gasteiger partial charge in [0.2, 0.25) is 0 Å². The molecule has 0 aromatic rings. The molecule has 9 heavy (non-hydrogen) atoms. The highest BCUT2D eigenvalue weighted by Gasteiger charge is 1.35. The van der Waals surface area contributed by atoms with Gasteiger partial charge >= 0.3 is 0 Å². The lowest BCUT2D eigenvalue weighted by molar-refractivity contribution is 1.11. The van der Waals surface area contributed by atoms with Crippen molar-refractivity contribution in [2.75, 3.05) is 11.5 Å². The molecule has 0 radical (unpaired) electrons. The Kier molecular flexibility index (Phi) is 290. The summed E-state index contributed by atoms with van der Waals surface area (Å²) in [6.45, 7) is 3.98. The summed E-state index contributed by atoms with van der Waals surface area (Å²) in [6, 6.07) is 0. The van der Waals surface area contributed by atoms with Crippen LogP contribution in [0.15, 0.2) is 0 Å². The molecule has 0 bridgehead atoms. The lowest BCUT2D eigenvalue weighted by atomic mass is 11.0. The summed E-state index contributed by atoms with van der Waals surface area (Å²) in [7, 11) is 0. The van der Waals surface area contributed by atoms with E-state index < -0.39 is 0 Å². The molecule has 0 N–H and O–H groups in total. The van der Waals surface area contributed by atoms with Crippen molar-refractivity contribution in [3.05, 3.63) is 0 Å². The van der Waals surface area contributed by atoms with Gasteiger partial charge in [0.15, 0.2) is 0 Å². The zero-order valence-electron chi connectivity index (χ0n) is 5.53. The lowest BCUT2D eigenvalue weighted by Crippen LogP contribution is -1.36. The first kappa shape index (κ1) is 33.9. The number of hydrogen-bond donors (Lipinski definition) is 2. The van der Waals surface area contributed by atoms with Crippen LogP contribution in [0.1, 0.15) is 13.8 Å². The van der Waals surface area contributed by atoms with Gasteiger partial charge in [-0.15, -0.1) is 0 Å². The number of rotatable bonds is 0. The molecule has 0 aliphatic heterocycles. The molecule has 0 aliphatic rings. The Bertz CT molecular complexity index is 15.8. The summed E-state index contributed by atoms with van der Waals surface area (Å²) in [5, 5.41) is 0. The molecule has 0 spiro atoms. The molecule has 0 heterocycles. The third-order valence-corrected chi connectivity index (χ3v) is 0. The Labute approximate surface area is 65.3 Å². The van der Waals surface area contributed by atoms with Crippen molar-refractivity contribution in [3.63, 3.8) is 0 Å². The van der Waals surface area contributed by atoms with Gasteiger partial charge in [0.05, 0.1) is 0 Å². The van der Waals surface area contributed by atoms with E-state index in [2.05, 4.69) is 25.3 Å². The van der Waals surface area contributed by atoms with E-state index >= 15 is 0 Å².